The van der Waals surface area contributed by atoms with Gasteiger partial charge in [-0.15, -0.1) is 0 Å². The molecule has 3 heterocycles. The van der Waals surface area contributed by atoms with Crippen LogP contribution < -0.4 is 0 Å². The molecule has 0 bridgehead atoms. The highest BCUT2D eigenvalue weighted by molar-refractivity contribution is 6.15. The van der Waals surface area contributed by atoms with Crippen molar-refractivity contribution < 1.29 is 0 Å². The monoisotopic (exact) mass is 656 g/mol. The molecule has 0 spiro atoms. The van der Waals surface area contributed by atoms with Gasteiger partial charge in [0.25, 0.3) is 0 Å². The standard InChI is InChI=1S/C47H36N4/c1-3-17-38(41-31-40(32-18-7-5-8-19-32)48-47(49-41)33-20-9-6-10-21-33)42(4-2)51-45-27-16-13-24-37(45)39-30-34(28-29-46(39)51)50-43-25-14-11-22-35(43)36-23-12-15-26-44(36)50/h4-31H,3H2,1-2H3/b38-17-,42-4+. The second kappa shape index (κ2) is 12.7. The Morgan fingerprint density at radius 3 is 1.73 bits per heavy atom. The normalized spacial score (nSPS) is 12.4. The molecule has 0 unspecified atom stereocenters. The molecule has 6 aromatic carbocycles. The Morgan fingerprint density at radius 2 is 1.10 bits per heavy atom. The number of hydrogen-bond donors (Lipinski definition) is 0. The molecule has 51 heavy (non-hydrogen) atoms. The second-order valence-electron chi connectivity index (χ2n) is 12.8. The third-order valence-corrected chi connectivity index (χ3v) is 9.80. The molecule has 0 atom stereocenters. The molecule has 0 saturated carbocycles. The van der Waals surface area contributed by atoms with Gasteiger partial charge in [0.15, 0.2) is 5.82 Å². The summed E-state index contributed by atoms with van der Waals surface area (Å²) in [7, 11) is 0. The van der Waals surface area contributed by atoms with E-state index in [0.29, 0.717) is 5.82 Å². The van der Waals surface area contributed by atoms with Crippen LogP contribution in [0.15, 0.2) is 170 Å². The van der Waals surface area contributed by atoms with Crippen molar-refractivity contribution in [3.05, 3.63) is 176 Å². The lowest BCUT2D eigenvalue weighted by Gasteiger charge is -2.18. The molecular weight excluding hydrogens is 621 g/mol. The van der Waals surface area contributed by atoms with Gasteiger partial charge < -0.3 is 9.13 Å². The van der Waals surface area contributed by atoms with E-state index in [0.717, 1.165) is 56.9 Å². The van der Waals surface area contributed by atoms with Gasteiger partial charge in [-0.1, -0.05) is 134 Å². The molecule has 0 aliphatic carbocycles. The van der Waals surface area contributed by atoms with Crippen molar-refractivity contribution in [1.82, 2.24) is 19.1 Å². The fourth-order valence-electron chi connectivity index (χ4n) is 7.57. The predicted octanol–water partition coefficient (Wildman–Crippen LogP) is 12.4. The molecule has 0 saturated heterocycles. The lowest BCUT2D eigenvalue weighted by atomic mass is 10.0. The van der Waals surface area contributed by atoms with Crippen LogP contribution in [0, 0.1) is 0 Å². The summed E-state index contributed by atoms with van der Waals surface area (Å²) < 4.78 is 4.81. The summed E-state index contributed by atoms with van der Waals surface area (Å²) in [5.41, 5.74) is 11.9. The molecule has 3 aromatic heterocycles. The van der Waals surface area contributed by atoms with E-state index in [2.05, 4.69) is 169 Å². The average molecular weight is 657 g/mol. The highest BCUT2D eigenvalue weighted by Crippen LogP contribution is 2.40. The lowest BCUT2D eigenvalue weighted by molar-refractivity contribution is 1.13. The van der Waals surface area contributed by atoms with Crippen molar-refractivity contribution in [3.63, 3.8) is 0 Å². The maximum Gasteiger partial charge on any atom is 0.160 e. The maximum absolute atomic E-state index is 5.26. The molecule has 244 valence electrons. The Hall–Kier alpha value is -6.52. The quantitative estimate of drug-likeness (QED) is 0.160. The first-order valence-corrected chi connectivity index (χ1v) is 17.6. The van der Waals surface area contributed by atoms with Crippen LogP contribution in [0.1, 0.15) is 26.0 Å². The highest BCUT2D eigenvalue weighted by atomic mass is 15.0. The van der Waals surface area contributed by atoms with E-state index in [-0.39, 0.29) is 0 Å². The number of allylic oxidation sites excluding steroid dienone is 4. The van der Waals surface area contributed by atoms with Crippen LogP contribution in [-0.2, 0) is 0 Å². The maximum atomic E-state index is 5.26. The Kier molecular flexibility index (Phi) is 7.63. The summed E-state index contributed by atoms with van der Waals surface area (Å²) in [6.07, 6.45) is 5.38. The van der Waals surface area contributed by atoms with Gasteiger partial charge in [0.1, 0.15) is 0 Å². The number of benzene rings is 6. The van der Waals surface area contributed by atoms with Crippen molar-refractivity contribution in [2.45, 2.75) is 20.3 Å². The number of nitrogens with zero attached hydrogens (tertiary/aromatic N) is 4. The summed E-state index contributed by atoms with van der Waals surface area (Å²) >= 11 is 0. The van der Waals surface area contributed by atoms with Crippen molar-refractivity contribution in [2.75, 3.05) is 0 Å². The largest absolute Gasteiger partial charge is 0.309 e. The first-order valence-electron chi connectivity index (χ1n) is 17.6. The van der Waals surface area contributed by atoms with E-state index >= 15 is 0 Å². The molecule has 0 amide bonds. The van der Waals surface area contributed by atoms with Crippen molar-refractivity contribution in [1.29, 1.82) is 0 Å². The van der Waals surface area contributed by atoms with E-state index in [1.54, 1.807) is 0 Å². The Morgan fingerprint density at radius 1 is 0.549 bits per heavy atom. The molecule has 0 N–H and O–H groups in total. The minimum Gasteiger partial charge on any atom is -0.309 e. The third kappa shape index (κ3) is 5.15. The van der Waals surface area contributed by atoms with Crippen molar-refractivity contribution in [3.8, 4) is 28.3 Å². The van der Waals surface area contributed by atoms with E-state index in [4.69, 9.17) is 9.97 Å². The summed E-state index contributed by atoms with van der Waals surface area (Å²) in [6.45, 7) is 4.32. The lowest BCUT2D eigenvalue weighted by Crippen LogP contribution is -2.04. The number of rotatable bonds is 7. The van der Waals surface area contributed by atoms with Gasteiger partial charge in [-0.2, -0.15) is 0 Å². The molecule has 0 radical (unpaired) electrons. The number of aromatic nitrogens is 4. The van der Waals surface area contributed by atoms with E-state index in [1.165, 1.54) is 32.6 Å². The van der Waals surface area contributed by atoms with Crippen LogP contribution in [0.3, 0.4) is 0 Å². The molecule has 9 rings (SSSR count). The van der Waals surface area contributed by atoms with Gasteiger partial charge >= 0.3 is 0 Å². The van der Waals surface area contributed by atoms with Crippen LogP contribution in [0.4, 0.5) is 0 Å². The number of para-hydroxylation sites is 3. The molecule has 0 aliphatic rings. The minimum absolute atomic E-state index is 0.711. The minimum atomic E-state index is 0.711. The zero-order chi connectivity index (χ0) is 34.3. The second-order valence-corrected chi connectivity index (χ2v) is 12.8. The van der Waals surface area contributed by atoms with E-state index in [9.17, 15) is 0 Å². The van der Waals surface area contributed by atoms with Crippen molar-refractivity contribution in [2.24, 2.45) is 0 Å². The molecular formula is C47H36N4. The van der Waals surface area contributed by atoms with Crippen LogP contribution in [0.5, 0.6) is 0 Å². The molecule has 9 aromatic rings. The first-order chi connectivity index (χ1) is 25.2. The zero-order valence-corrected chi connectivity index (χ0v) is 28.7. The van der Waals surface area contributed by atoms with Crippen LogP contribution >= 0.6 is 0 Å². The van der Waals surface area contributed by atoms with Crippen LogP contribution in [0.25, 0.3) is 83.2 Å². The summed E-state index contributed by atoms with van der Waals surface area (Å²) in [5, 5.41) is 4.94. The molecule has 4 heteroatoms. The fraction of sp³-hybridized carbons (Fsp3) is 0.0638. The number of hydrogen-bond acceptors (Lipinski definition) is 2. The molecule has 0 fully saturated rings. The van der Waals surface area contributed by atoms with E-state index < -0.39 is 0 Å². The van der Waals surface area contributed by atoms with Gasteiger partial charge in [0.05, 0.1) is 39.2 Å². The number of fused-ring (bicyclic) bond motifs is 6. The van der Waals surface area contributed by atoms with Crippen LogP contribution in [0.2, 0.25) is 0 Å². The van der Waals surface area contributed by atoms with Gasteiger partial charge in [0.2, 0.25) is 0 Å². The van der Waals surface area contributed by atoms with Gasteiger partial charge in [-0.25, -0.2) is 9.97 Å². The topological polar surface area (TPSA) is 35.6 Å². The van der Waals surface area contributed by atoms with Gasteiger partial charge in [0, 0.05) is 43.9 Å². The SMILES string of the molecule is C/C=C(\C(=C/CC)c1cc(-c2ccccc2)nc(-c2ccccc2)n1)n1c2ccccc2c2cc(-n3c4ccccc4c4ccccc43)ccc21. The Bertz CT molecular complexity index is 2670. The molecule has 0 aliphatic heterocycles. The summed E-state index contributed by atoms with van der Waals surface area (Å²) in [5.74, 6) is 0.711. The first kappa shape index (κ1) is 30.5. The van der Waals surface area contributed by atoms with E-state index in [1.807, 2.05) is 24.3 Å². The third-order valence-electron chi connectivity index (χ3n) is 9.80. The Labute approximate surface area is 297 Å². The predicted molar refractivity (Wildman–Crippen MR) is 215 cm³/mol. The average Bonchev–Trinajstić information content (AvgIpc) is 3.71. The zero-order valence-electron chi connectivity index (χ0n) is 28.7. The van der Waals surface area contributed by atoms with Crippen LogP contribution in [-0.4, -0.2) is 19.1 Å². The summed E-state index contributed by atoms with van der Waals surface area (Å²) in [4.78, 5) is 10.3. The van der Waals surface area contributed by atoms with Crippen molar-refractivity contribution >= 4 is 54.9 Å². The smallest absolute Gasteiger partial charge is 0.160 e. The molecule has 4 nitrogen and oxygen atoms in total. The van der Waals surface area contributed by atoms with Gasteiger partial charge in [-0.05, 0) is 55.8 Å². The van der Waals surface area contributed by atoms with Gasteiger partial charge in [-0.3, -0.25) is 0 Å². The summed E-state index contributed by atoms with van der Waals surface area (Å²) in [6, 6.07) is 55.8. The fourth-order valence-corrected chi connectivity index (χ4v) is 7.57. The highest BCUT2D eigenvalue weighted by Gasteiger charge is 2.21. The Balaban J connectivity index is 1.26.